The minimum absolute atomic E-state index is 0.277. The van der Waals surface area contributed by atoms with Crippen LogP contribution in [-0.4, -0.2) is 17.1 Å². The quantitative estimate of drug-likeness (QED) is 0.672. The van der Waals surface area contributed by atoms with Crippen molar-refractivity contribution in [2.24, 2.45) is 0 Å². The number of hydrogen-bond donors (Lipinski definition) is 1. The van der Waals surface area contributed by atoms with Crippen LogP contribution in [0.1, 0.15) is 13.8 Å². The molecule has 0 spiro atoms. The fourth-order valence-electron chi connectivity index (χ4n) is 0.756. The number of allylic oxidation sites excluding steroid dienone is 4. The summed E-state index contributed by atoms with van der Waals surface area (Å²) in [5.41, 5.74) is -0.277. The predicted molar refractivity (Wildman–Crippen MR) is 49.7 cm³/mol. The number of aliphatic hydroxyl groups excluding tert-OH is 1. The highest BCUT2D eigenvalue weighted by Gasteiger charge is 2.37. The fraction of sp³-hybridized carbons (Fsp3) is 0.400. The van der Waals surface area contributed by atoms with Gasteiger partial charge in [0.05, 0.1) is 0 Å². The Labute approximate surface area is 77.1 Å². The normalized spacial score (nSPS) is 16.2. The van der Waals surface area contributed by atoms with Crippen LogP contribution in [0.4, 0.5) is 8.78 Å². The van der Waals surface area contributed by atoms with E-state index in [2.05, 4.69) is 6.58 Å². The van der Waals surface area contributed by atoms with Crippen LogP contribution in [0.15, 0.2) is 36.5 Å². The molecule has 1 atom stereocenters. The van der Waals surface area contributed by atoms with Crippen molar-refractivity contribution >= 4 is 0 Å². The van der Waals surface area contributed by atoms with Crippen LogP contribution in [0.5, 0.6) is 0 Å². The van der Waals surface area contributed by atoms with E-state index in [1.165, 1.54) is 12.2 Å². The molecule has 3 heteroatoms. The molecule has 0 saturated heterocycles. The summed E-state index contributed by atoms with van der Waals surface area (Å²) < 4.78 is 26.2. The van der Waals surface area contributed by atoms with E-state index in [9.17, 15) is 8.78 Å². The second kappa shape index (κ2) is 4.92. The van der Waals surface area contributed by atoms with Gasteiger partial charge in [0, 0.05) is 5.57 Å². The van der Waals surface area contributed by atoms with E-state index in [4.69, 9.17) is 5.11 Å². The lowest BCUT2D eigenvalue weighted by molar-refractivity contribution is -0.0661. The van der Waals surface area contributed by atoms with Crippen LogP contribution in [0.25, 0.3) is 0 Å². The zero-order valence-corrected chi connectivity index (χ0v) is 7.80. The van der Waals surface area contributed by atoms with Gasteiger partial charge in [-0.15, -0.1) is 0 Å². The average molecular weight is 188 g/mol. The minimum atomic E-state index is -3.23. The van der Waals surface area contributed by atoms with Crippen LogP contribution in [0.3, 0.4) is 0 Å². The average Bonchev–Trinajstić information content (AvgIpc) is 2.05. The van der Waals surface area contributed by atoms with E-state index in [0.717, 1.165) is 13.0 Å². The maximum atomic E-state index is 13.1. The lowest BCUT2D eigenvalue weighted by Gasteiger charge is -2.20. The van der Waals surface area contributed by atoms with Gasteiger partial charge in [-0.2, -0.15) is 8.78 Å². The first-order chi connectivity index (χ1) is 5.96. The molecule has 13 heavy (non-hydrogen) atoms. The third-order valence-corrected chi connectivity index (χ3v) is 1.60. The van der Waals surface area contributed by atoms with Gasteiger partial charge in [0.25, 0.3) is 5.92 Å². The molecule has 0 fully saturated rings. The summed E-state index contributed by atoms with van der Waals surface area (Å²) >= 11 is 0. The maximum Gasteiger partial charge on any atom is 0.298 e. The Morgan fingerprint density at radius 2 is 2.08 bits per heavy atom. The van der Waals surface area contributed by atoms with Crippen LogP contribution in [-0.2, 0) is 0 Å². The summed E-state index contributed by atoms with van der Waals surface area (Å²) in [4.78, 5) is 0. The molecule has 1 unspecified atom stereocenters. The zero-order chi connectivity index (χ0) is 10.5. The summed E-state index contributed by atoms with van der Waals surface area (Å²) in [7, 11) is 0. The zero-order valence-electron chi connectivity index (χ0n) is 7.80. The molecule has 1 nitrogen and oxygen atoms in total. The molecular weight excluding hydrogens is 174 g/mol. The van der Waals surface area contributed by atoms with Crippen molar-refractivity contribution in [1.29, 1.82) is 0 Å². The highest BCUT2D eigenvalue weighted by atomic mass is 19.3. The molecule has 0 heterocycles. The van der Waals surface area contributed by atoms with Gasteiger partial charge in [0.2, 0.25) is 0 Å². The van der Waals surface area contributed by atoms with Crippen molar-refractivity contribution in [2.75, 3.05) is 0 Å². The summed E-state index contributed by atoms with van der Waals surface area (Å²) in [6, 6.07) is 0. The van der Waals surface area contributed by atoms with Crippen molar-refractivity contribution in [3.05, 3.63) is 36.5 Å². The number of aliphatic hydroxyl groups is 1. The van der Waals surface area contributed by atoms with Gasteiger partial charge >= 0.3 is 0 Å². The number of alkyl halides is 2. The molecule has 0 saturated carbocycles. The Hall–Kier alpha value is -0.960. The highest BCUT2D eigenvalue weighted by molar-refractivity contribution is 5.29. The topological polar surface area (TPSA) is 20.2 Å². The number of hydrogen-bond acceptors (Lipinski definition) is 1. The van der Waals surface area contributed by atoms with E-state index >= 15 is 0 Å². The minimum Gasteiger partial charge on any atom is -0.387 e. The first kappa shape index (κ1) is 12.0. The van der Waals surface area contributed by atoms with Gasteiger partial charge in [-0.1, -0.05) is 30.9 Å². The summed E-state index contributed by atoms with van der Waals surface area (Å²) in [5, 5.41) is 8.82. The van der Waals surface area contributed by atoms with E-state index in [0.29, 0.717) is 0 Å². The lowest BCUT2D eigenvalue weighted by Crippen LogP contribution is -2.32. The second-order valence-electron chi connectivity index (χ2n) is 2.65. The SMILES string of the molecule is C=C/C(=C\C=C/C)C(F)(F)C(C)O. The predicted octanol–water partition coefficient (Wildman–Crippen LogP) is 2.69. The highest BCUT2D eigenvalue weighted by Crippen LogP contribution is 2.28. The molecule has 0 bridgehead atoms. The molecule has 0 rings (SSSR count). The summed E-state index contributed by atoms with van der Waals surface area (Å²) in [5.74, 6) is -3.23. The third kappa shape index (κ3) is 3.11. The molecule has 0 aromatic heterocycles. The third-order valence-electron chi connectivity index (χ3n) is 1.60. The fourth-order valence-corrected chi connectivity index (χ4v) is 0.756. The molecule has 0 aliphatic heterocycles. The molecular formula is C10H14F2O. The van der Waals surface area contributed by atoms with Crippen molar-refractivity contribution < 1.29 is 13.9 Å². The van der Waals surface area contributed by atoms with Gasteiger partial charge in [-0.05, 0) is 13.8 Å². The Morgan fingerprint density at radius 1 is 1.54 bits per heavy atom. The summed E-state index contributed by atoms with van der Waals surface area (Å²) in [6.45, 7) is 6.04. The first-order valence-electron chi connectivity index (χ1n) is 3.98. The molecule has 0 aromatic rings. The summed E-state index contributed by atoms with van der Waals surface area (Å²) in [6.07, 6.45) is 3.68. The van der Waals surface area contributed by atoms with E-state index < -0.39 is 12.0 Å². The molecule has 0 aromatic carbocycles. The van der Waals surface area contributed by atoms with Crippen molar-refractivity contribution in [3.63, 3.8) is 0 Å². The monoisotopic (exact) mass is 188 g/mol. The molecule has 74 valence electrons. The van der Waals surface area contributed by atoms with Crippen LogP contribution in [0, 0.1) is 0 Å². The van der Waals surface area contributed by atoms with Crippen molar-refractivity contribution in [1.82, 2.24) is 0 Å². The molecule has 0 aliphatic carbocycles. The van der Waals surface area contributed by atoms with Crippen LogP contribution < -0.4 is 0 Å². The van der Waals surface area contributed by atoms with E-state index in [1.807, 2.05) is 0 Å². The van der Waals surface area contributed by atoms with Gasteiger partial charge in [-0.3, -0.25) is 0 Å². The number of halogens is 2. The lowest BCUT2D eigenvalue weighted by atomic mass is 10.0. The smallest absolute Gasteiger partial charge is 0.298 e. The Balaban J connectivity index is 4.86. The molecule has 0 amide bonds. The molecule has 0 aliphatic rings. The standard InChI is InChI=1S/C10H14F2O/c1-4-6-7-9(5-2)10(11,12)8(3)13/h4-8,13H,2H2,1,3H3/b6-4-,9-7+. The van der Waals surface area contributed by atoms with Gasteiger partial charge in [-0.25, -0.2) is 0 Å². The number of rotatable bonds is 4. The van der Waals surface area contributed by atoms with Gasteiger partial charge < -0.3 is 5.11 Å². The van der Waals surface area contributed by atoms with Gasteiger partial charge in [0.1, 0.15) is 6.10 Å². The van der Waals surface area contributed by atoms with Crippen molar-refractivity contribution in [2.45, 2.75) is 25.9 Å². The largest absolute Gasteiger partial charge is 0.387 e. The Bertz CT molecular complexity index is 227. The first-order valence-corrected chi connectivity index (χ1v) is 3.98. The van der Waals surface area contributed by atoms with Crippen molar-refractivity contribution in [3.8, 4) is 0 Å². The van der Waals surface area contributed by atoms with E-state index in [-0.39, 0.29) is 5.57 Å². The van der Waals surface area contributed by atoms with Gasteiger partial charge in [0.15, 0.2) is 0 Å². The molecule has 0 radical (unpaired) electrons. The Morgan fingerprint density at radius 3 is 2.38 bits per heavy atom. The van der Waals surface area contributed by atoms with Crippen LogP contribution in [0.2, 0.25) is 0 Å². The van der Waals surface area contributed by atoms with Crippen LogP contribution >= 0.6 is 0 Å². The molecule has 1 N–H and O–H groups in total. The second-order valence-corrected chi connectivity index (χ2v) is 2.65. The Kier molecular flexibility index (Phi) is 4.56. The van der Waals surface area contributed by atoms with E-state index in [1.54, 1.807) is 13.0 Å². The maximum absolute atomic E-state index is 13.1.